The molecule has 0 saturated carbocycles. The summed E-state index contributed by atoms with van der Waals surface area (Å²) in [5.74, 6) is -2.67. The SMILES string of the molecule is CCOC.COCOCC(COCOC)C(=O)ON1C(=O)CCC1=O. The molecule has 10 nitrogen and oxygen atoms in total. The number of hydroxylamine groups is 2. The Morgan fingerprint density at radius 3 is 1.76 bits per heavy atom. The average molecular weight is 365 g/mol. The van der Waals surface area contributed by atoms with Crippen LogP contribution in [0.5, 0.6) is 0 Å². The van der Waals surface area contributed by atoms with E-state index in [2.05, 4.69) is 4.74 Å². The highest BCUT2D eigenvalue weighted by Crippen LogP contribution is 2.14. The van der Waals surface area contributed by atoms with Gasteiger partial charge in [0.05, 0.1) is 13.2 Å². The zero-order valence-corrected chi connectivity index (χ0v) is 15.1. The number of carbonyl (C=O) groups is 3. The number of imide groups is 1. The monoisotopic (exact) mass is 365 g/mol. The van der Waals surface area contributed by atoms with Crippen molar-refractivity contribution in [2.75, 3.05) is 54.7 Å². The molecule has 25 heavy (non-hydrogen) atoms. The summed E-state index contributed by atoms with van der Waals surface area (Å²) in [6, 6.07) is 0. The van der Waals surface area contributed by atoms with Crippen molar-refractivity contribution < 1.29 is 42.9 Å². The predicted molar refractivity (Wildman–Crippen MR) is 83.9 cm³/mol. The van der Waals surface area contributed by atoms with Crippen LogP contribution in [0.15, 0.2) is 0 Å². The lowest BCUT2D eigenvalue weighted by Crippen LogP contribution is -2.37. The van der Waals surface area contributed by atoms with E-state index in [0.717, 1.165) is 6.61 Å². The molecule has 1 saturated heterocycles. The summed E-state index contributed by atoms with van der Waals surface area (Å²) < 4.78 is 24.1. The molecule has 0 unspecified atom stereocenters. The summed E-state index contributed by atoms with van der Waals surface area (Å²) in [6.45, 7) is 2.70. The van der Waals surface area contributed by atoms with Gasteiger partial charge in [0.2, 0.25) is 0 Å². The minimum absolute atomic E-state index is 0.00433. The van der Waals surface area contributed by atoms with E-state index in [-0.39, 0.29) is 39.6 Å². The molecular weight excluding hydrogens is 338 g/mol. The minimum atomic E-state index is -0.809. The van der Waals surface area contributed by atoms with Gasteiger partial charge >= 0.3 is 5.97 Å². The molecule has 0 aromatic carbocycles. The third kappa shape index (κ3) is 10.1. The molecule has 0 bridgehead atoms. The number of nitrogens with zero attached hydrogens (tertiary/aromatic N) is 1. The van der Waals surface area contributed by atoms with E-state index in [4.69, 9.17) is 23.8 Å². The van der Waals surface area contributed by atoms with Gasteiger partial charge in [0, 0.05) is 40.8 Å². The van der Waals surface area contributed by atoms with Crippen LogP contribution in [0.3, 0.4) is 0 Å². The van der Waals surface area contributed by atoms with Crippen LogP contribution in [0.4, 0.5) is 0 Å². The number of methoxy groups -OCH3 is 3. The number of ether oxygens (including phenoxy) is 5. The highest BCUT2D eigenvalue weighted by molar-refractivity contribution is 6.01. The number of carbonyl (C=O) groups excluding carboxylic acids is 3. The van der Waals surface area contributed by atoms with Gasteiger partial charge in [-0.05, 0) is 6.92 Å². The van der Waals surface area contributed by atoms with Crippen LogP contribution < -0.4 is 0 Å². The maximum atomic E-state index is 12.0. The Balaban J connectivity index is 0.00000129. The molecule has 0 aromatic rings. The molecule has 0 atom stereocenters. The van der Waals surface area contributed by atoms with E-state index < -0.39 is 23.7 Å². The molecule has 146 valence electrons. The van der Waals surface area contributed by atoms with Crippen LogP contribution in [0.2, 0.25) is 0 Å². The largest absolute Gasteiger partial charge is 0.385 e. The van der Waals surface area contributed by atoms with Gasteiger partial charge in [0.1, 0.15) is 19.5 Å². The zero-order chi connectivity index (χ0) is 19.1. The summed E-state index contributed by atoms with van der Waals surface area (Å²) in [6.07, 6.45) is 0.0776. The molecule has 0 radical (unpaired) electrons. The van der Waals surface area contributed by atoms with E-state index in [9.17, 15) is 14.4 Å². The second kappa shape index (κ2) is 14.7. The van der Waals surface area contributed by atoms with Gasteiger partial charge < -0.3 is 28.5 Å². The van der Waals surface area contributed by atoms with Crippen molar-refractivity contribution in [3.8, 4) is 0 Å². The van der Waals surface area contributed by atoms with Crippen LogP contribution >= 0.6 is 0 Å². The van der Waals surface area contributed by atoms with E-state index >= 15 is 0 Å². The molecule has 0 aliphatic carbocycles. The molecule has 1 aliphatic heterocycles. The number of rotatable bonds is 11. The summed E-state index contributed by atoms with van der Waals surface area (Å²) in [4.78, 5) is 39.6. The lowest BCUT2D eigenvalue weighted by molar-refractivity contribution is -0.204. The maximum Gasteiger partial charge on any atom is 0.340 e. The Labute approximate surface area is 147 Å². The molecular formula is C15H27NO9. The van der Waals surface area contributed by atoms with Gasteiger partial charge in [-0.1, -0.05) is 0 Å². The van der Waals surface area contributed by atoms with Crippen LogP contribution in [-0.4, -0.2) is 77.6 Å². The normalized spacial score (nSPS) is 13.9. The quantitative estimate of drug-likeness (QED) is 0.286. The first-order valence-electron chi connectivity index (χ1n) is 7.71. The Morgan fingerprint density at radius 2 is 1.40 bits per heavy atom. The molecule has 1 heterocycles. The molecule has 0 N–H and O–H groups in total. The first-order valence-corrected chi connectivity index (χ1v) is 7.71. The maximum absolute atomic E-state index is 12.0. The first-order chi connectivity index (χ1) is 12.0. The Bertz CT molecular complexity index is 374. The fourth-order valence-electron chi connectivity index (χ4n) is 1.55. The van der Waals surface area contributed by atoms with E-state index in [1.807, 2.05) is 6.92 Å². The Kier molecular flexibility index (Phi) is 13.8. The van der Waals surface area contributed by atoms with Gasteiger partial charge in [-0.25, -0.2) is 4.79 Å². The van der Waals surface area contributed by atoms with Crippen molar-refractivity contribution in [1.29, 1.82) is 0 Å². The average Bonchev–Trinajstić information content (AvgIpc) is 2.92. The summed E-state index contributed by atoms with van der Waals surface area (Å²) in [5, 5.41) is 0.488. The first kappa shape index (κ1) is 23.4. The minimum Gasteiger partial charge on any atom is -0.385 e. The fourth-order valence-corrected chi connectivity index (χ4v) is 1.55. The highest BCUT2D eigenvalue weighted by atomic mass is 16.7. The van der Waals surface area contributed by atoms with Gasteiger partial charge in [0.15, 0.2) is 0 Å². The number of amides is 2. The molecule has 0 aromatic heterocycles. The number of hydrogen-bond donors (Lipinski definition) is 0. The standard InChI is InChI=1S/C12H19NO8.C3H8O/c1-17-7-19-5-9(6-20-8-18-2)12(16)21-13-10(14)3-4-11(13)15;1-3-4-2/h9H,3-8H2,1-2H3;3H2,1-2H3. The van der Waals surface area contributed by atoms with Gasteiger partial charge in [-0.2, -0.15) is 0 Å². The second-order valence-corrected chi connectivity index (χ2v) is 4.82. The van der Waals surface area contributed by atoms with Crippen molar-refractivity contribution in [2.45, 2.75) is 19.8 Å². The smallest absolute Gasteiger partial charge is 0.340 e. The highest BCUT2D eigenvalue weighted by Gasteiger charge is 2.35. The van der Waals surface area contributed by atoms with E-state index in [1.54, 1.807) is 7.11 Å². The lowest BCUT2D eigenvalue weighted by Gasteiger charge is -2.19. The summed E-state index contributed by atoms with van der Waals surface area (Å²) in [7, 11) is 4.56. The van der Waals surface area contributed by atoms with Crippen LogP contribution in [0.1, 0.15) is 19.8 Å². The molecule has 10 heteroatoms. The number of hydrogen-bond acceptors (Lipinski definition) is 9. The zero-order valence-electron chi connectivity index (χ0n) is 15.1. The van der Waals surface area contributed by atoms with Crippen molar-refractivity contribution in [3.05, 3.63) is 0 Å². The van der Waals surface area contributed by atoms with Gasteiger partial charge in [-0.15, -0.1) is 5.06 Å². The van der Waals surface area contributed by atoms with Crippen molar-refractivity contribution in [2.24, 2.45) is 5.92 Å². The second-order valence-electron chi connectivity index (χ2n) is 4.82. The van der Waals surface area contributed by atoms with Crippen molar-refractivity contribution in [3.63, 3.8) is 0 Å². The van der Waals surface area contributed by atoms with Crippen LogP contribution in [-0.2, 0) is 42.9 Å². The Hall–Kier alpha value is -1.59. The Morgan fingerprint density at radius 1 is 0.960 bits per heavy atom. The molecule has 0 spiro atoms. The third-order valence-electron chi connectivity index (χ3n) is 2.85. The molecule has 1 fully saturated rings. The van der Waals surface area contributed by atoms with Gasteiger partial charge in [-0.3, -0.25) is 9.59 Å². The molecule has 1 rings (SSSR count). The van der Waals surface area contributed by atoms with Crippen molar-refractivity contribution in [1.82, 2.24) is 5.06 Å². The van der Waals surface area contributed by atoms with Crippen LogP contribution in [0.25, 0.3) is 0 Å². The predicted octanol–water partition coefficient (Wildman–Crippen LogP) is 0.104. The van der Waals surface area contributed by atoms with Gasteiger partial charge in [0.25, 0.3) is 11.8 Å². The summed E-state index contributed by atoms with van der Waals surface area (Å²) in [5.41, 5.74) is 0. The fraction of sp³-hybridized carbons (Fsp3) is 0.800. The summed E-state index contributed by atoms with van der Waals surface area (Å²) >= 11 is 0. The van der Waals surface area contributed by atoms with Crippen LogP contribution in [0, 0.1) is 5.92 Å². The third-order valence-corrected chi connectivity index (χ3v) is 2.85. The molecule has 1 aliphatic rings. The lowest BCUT2D eigenvalue weighted by atomic mass is 10.2. The molecule has 2 amide bonds. The topological polar surface area (TPSA) is 110 Å². The van der Waals surface area contributed by atoms with E-state index in [0.29, 0.717) is 5.06 Å². The van der Waals surface area contributed by atoms with E-state index in [1.165, 1.54) is 14.2 Å². The van der Waals surface area contributed by atoms with Crippen molar-refractivity contribution >= 4 is 17.8 Å².